The minimum atomic E-state index is -0.269. The van der Waals surface area contributed by atoms with Gasteiger partial charge in [-0.05, 0) is 108 Å². The summed E-state index contributed by atoms with van der Waals surface area (Å²) >= 11 is 0. The van der Waals surface area contributed by atoms with E-state index in [1.165, 1.54) is 96.6 Å². The first-order valence-electron chi connectivity index (χ1n) is 14.3. The number of hydrogen-bond donors (Lipinski definition) is 1. The monoisotopic (exact) mass is 465 g/mol. The third-order valence-corrected chi connectivity index (χ3v) is 8.69. The number of ketones is 1. The lowest BCUT2D eigenvalue weighted by molar-refractivity contribution is -0.122. The second-order valence-corrected chi connectivity index (χ2v) is 11.8. The van der Waals surface area contributed by atoms with Gasteiger partial charge < -0.3 is 14.7 Å². The number of likely N-dealkylation sites (tertiary alicyclic amines) is 1. The number of nitrogens with zero attached hydrogens (tertiary/aromatic N) is 1. The van der Waals surface area contributed by atoms with Crippen LogP contribution in [0.3, 0.4) is 0 Å². The Balaban J connectivity index is 0.000000696. The Morgan fingerprint density at radius 1 is 0.909 bits per heavy atom. The number of ether oxygens (including phenoxy) is 1. The number of carbonyl (C=O) groups excluding carboxylic acids is 1. The average Bonchev–Trinajstić information content (AvgIpc) is 2.84. The molecule has 3 aliphatic rings. The first kappa shape index (κ1) is 28.8. The zero-order chi connectivity index (χ0) is 24.1. The van der Waals surface area contributed by atoms with Crippen molar-refractivity contribution in [2.24, 2.45) is 23.7 Å². The maximum Gasteiger partial charge on any atom is 0.158 e. The van der Waals surface area contributed by atoms with Crippen molar-refractivity contribution in [1.82, 2.24) is 4.90 Å². The predicted octanol–water partition coefficient (Wildman–Crippen LogP) is 6.64. The third kappa shape index (κ3) is 11.7. The highest BCUT2D eigenvalue weighted by Gasteiger charge is 2.29. The molecule has 0 aromatic heterocycles. The van der Waals surface area contributed by atoms with Gasteiger partial charge in [-0.25, -0.2) is 0 Å². The highest BCUT2D eigenvalue weighted by molar-refractivity contribution is 5.79. The van der Waals surface area contributed by atoms with Crippen LogP contribution in [0.2, 0.25) is 0 Å². The van der Waals surface area contributed by atoms with E-state index in [1.54, 1.807) is 7.11 Å². The van der Waals surface area contributed by atoms with Crippen LogP contribution in [0, 0.1) is 23.7 Å². The van der Waals surface area contributed by atoms with Gasteiger partial charge in [0.1, 0.15) is 6.61 Å². The van der Waals surface area contributed by atoms with E-state index >= 15 is 0 Å². The van der Waals surface area contributed by atoms with Gasteiger partial charge in [0.25, 0.3) is 0 Å². The van der Waals surface area contributed by atoms with E-state index in [0.717, 1.165) is 30.2 Å². The molecule has 0 aromatic carbocycles. The van der Waals surface area contributed by atoms with Crippen LogP contribution in [0.4, 0.5) is 0 Å². The number of Topliss-reactive ketones (excluding diaryl/α,β-unsaturated/α-hetero) is 1. The van der Waals surface area contributed by atoms with Crippen LogP contribution in [0.25, 0.3) is 0 Å². The zero-order valence-corrected chi connectivity index (χ0v) is 22.4. The number of hydrogen-bond acceptors (Lipinski definition) is 4. The van der Waals surface area contributed by atoms with Gasteiger partial charge in [-0.15, -0.1) is 0 Å². The summed E-state index contributed by atoms with van der Waals surface area (Å²) in [5.74, 6) is 3.43. The molecular formula is C29H55NO3. The van der Waals surface area contributed by atoms with Crippen molar-refractivity contribution < 1.29 is 14.6 Å². The molecule has 33 heavy (non-hydrogen) atoms. The number of piperidine rings is 1. The van der Waals surface area contributed by atoms with Crippen molar-refractivity contribution in [3.63, 3.8) is 0 Å². The minimum absolute atomic E-state index is 0.0370. The lowest BCUT2D eigenvalue weighted by Gasteiger charge is -2.41. The molecule has 194 valence electrons. The average molecular weight is 466 g/mol. The SMILES string of the molecule is CC1CCC(N2CCC(CC(CCC(=O)CO)CC3CCCCC3)CC2)CC1.COC(C)C. The number of rotatable bonds is 10. The Bertz CT molecular complexity index is 501. The second kappa shape index (κ2) is 16.3. The molecule has 1 aliphatic heterocycles. The molecule has 0 aromatic rings. The van der Waals surface area contributed by atoms with E-state index in [0.29, 0.717) is 18.4 Å². The van der Waals surface area contributed by atoms with Gasteiger partial charge in [0.05, 0.1) is 6.10 Å². The molecule has 2 aliphatic carbocycles. The largest absolute Gasteiger partial charge is 0.389 e. The standard InChI is InChI=1S/C25H45NO2.C4H10O/c1-20-7-10-24(11-8-20)26-15-13-22(14-16-26)18-23(9-12-25(28)19-27)17-21-5-3-2-4-6-21;1-4(2)5-3/h20-24,27H,2-19H2,1H3;4H,1-3H3. The van der Waals surface area contributed by atoms with Crippen LogP contribution < -0.4 is 0 Å². The lowest BCUT2D eigenvalue weighted by Crippen LogP contribution is -2.43. The summed E-state index contributed by atoms with van der Waals surface area (Å²) in [5.41, 5.74) is 0. The molecule has 1 saturated heterocycles. The van der Waals surface area contributed by atoms with Crippen LogP contribution in [-0.4, -0.2) is 54.7 Å². The van der Waals surface area contributed by atoms with Crippen molar-refractivity contribution in [2.45, 2.75) is 129 Å². The summed E-state index contributed by atoms with van der Waals surface area (Å²) in [4.78, 5) is 14.5. The quantitative estimate of drug-likeness (QED) is 0.393. The molecule has 4 heteroatoms. The normalized spacial score (nSPS) is 26.6. The maximum atomic E-state index is 11.7. The van der Waals surface area contributed by atoms with Gasteiger partial charge >= 0.3 is 0 Å². The van der Waals surface area contributed by atoms with E-state index < -0.39 is 0 Å². The summed E-state index contributed by atoms with van der Waals surface area (Å²) in [7, 11) is 1.70. The molecular weight excluding hydrogens is 410 g/mol. The molecule has 0 amide bonds. The first-order valence-corrected chi connectivity index (χ1v) is 14.3. The number of aliphatic hydroxyl groups excluding tert-OH is 1. The van der Waals surface area contributed by atoms with Gasteiger partial charge in [0.15, 0.2) is 5.78 Å². The summed E-state index contributed by atoms with van der Waals surface area (Å²) in [6.07, 6.45) is 20.1. The summed E-state index contributed by atoms with van der Waals surface area (Å²) in [6, 6.07) is 0.859. The van der Waals surface area contributed by atoms with Crippen molar-refractivity contribution in [1.29, 1.82) is 0 Å². The van der Waals surface area contributed by atoms with E-state index in [4.69, 9.17) is 9.84 Å². The lowest BCUT2D eigenvalue weighted by atomic mass is 9.76. The van der Waals surface area contributed by atoms with Crippen molar-refractivity contribution in [2.75, 3.05) is 26.8 Å². The van der Waals surface area contributed by atoms with Gasteiger partial charge in [-0.2, -0.15) is 0 Å². The molecule has 3 rings (SSSR count). The Morgan fingerprint density at radius 3 is 1.97 bits per heavy atom. The van der Waals surface area contributed by atoms with Crippen LogP contribution >= 0.6 is 0 Å². The molecule has 4 nitrogen and oxygen atoms in total. The van der Waals surface area contributed by atoms with Crippen molar-refractivity contribution in [3.05, 3.63) is 0 Å². The van der Waals surface area contributed by atoms with Gasteiger partial charge in [0.2, 0.25) is 0 Å². The molecule has 0 spiro atoms. The van der Waals surface area contributed by atoms with E-state index in [1.807, 2.05) is 13.8 Å². The molecule has 1 heterocycles. The molecule has 1 unspecified atom stereocenters. The van der Waals surface area contributed by atoms with Gasteiger partial charge in [-0.3, -0.25) is 4.79 Å². The zero-order valence-electron chi connectivity index (χ0n) is 22.4. The Hall–Kier alpha value is -0.450. The van der Waals surface area contributed by atoms with Crippen LogP contribution in [0.5, 0.6) is 0 Å². The first-order chi connectivity index (χ1) is 15.9. The minimum Gasteiger partial charge on any atom is -0.389 e. The molecule has 2 saturated carbocycles. The van der Waals surface area contributed by atoms with E-state index in [9.17, 15) is 4.79 Å². The molecule has 0 bridgehead atoms. The second-order valence-electron chi connectivity index (χ2n) is 11.8. The summed E-state index contributed by atoms with van der Waals surface area (Å²) < 4.78 is 4.75. The van der Waals surface area contributed by atoms with Crippen LogP contribution in [0.15, 0.2) is 0 Å². The Labute approximate surface area is 205 Å². The molecule has 0 radical (unpaired) electrons. The molecule has 3 fully saturated rings. The highest BCUT2D eigenvalue weighted by atomic mass is 16.5. The van der Waals surface area contributed by atoms with Crippen LogP contribution in [0.1, 0.15) is 117 Å². The maximum absolute atomic E-state index is 11.7. The smallest absolute Gasteiger partial charge is 0.158 e. The fourth-order valence-electron chi connectivity index (χ4n) is 6.30. The summed E-state index contributed by atoms with van der Waals surface area (Å²) in [6.45, 7) is 8.75. The molecule has 1 N–H and O–H groups in total. The van der Waals surface area contributed by atoms with Gasteiger partial charge in [0, 0.05) is 19.6 Å². The van der Waals surface area contributed by atoms with Crippen molar-refractivity contribution >= 4 is 5.78 Å². The fourth-order valence-corrected chi connectivity index (χ4v) is 6.30. The Morgan fingerprint density at radius 2 is 1.45 bits per heavy atom. The van der Waals surface area contributed by atoms with E-state index in [-0.39, 0.29) is 12.4 Å². The van der Waals surface area contributed by atoms with E-state index in [2.05, 4.69) is 11.8 Å². The Kier molecular flexibility index (Phi) is 14.2. The highest BCUT2D eigenvalue weighted by Crippen LogP contribution is 2.36. The van der Waals surface area contributed by atoms with Crippen LogP contribution in [-0.2, 0) is 9.53 Å². The number of aliphatic hydroxyl groups is 1. The fraction of sp³-hybridized carbons (Fsp3) is 0.966. The van der Waals surface area contributed by atoms with Crippen molar-refractivity contribution in [3.8, 4) is 0 Å². The topological polar surface area (TPSA) is 49.8 Å². The number of methoxy groups -OCH3 is 1. The molecule has 1 atom stereocenters. The third-order valence-electron chi connectivity index (χ3n) is 8.69. The summed E-state index contributed by atoms with van der Waals surface area (Å²) in [5, 5.41) is 9.10. The number of carbonyl (C=O) groups is 1. The van der Waals surface area contributed by atoms with Gasteiger partial charge in [-0.1, -0.05) is 39.0 Å². The predicted molar refractivity (Wildman–Crippen MR) is 138 cm³/mol.